The van der Waals surface area contributed by atoms with Crippen molar-refractivity contribution in [2.45, 2.75) is 13.1 Å². The number of aryl methyl sites for hydroxylation is 1. The summed E-state index contributed by atoms with van der Waals surface area (Å²) in [6.45, 7) is 4.24. The summed E-state index contributed by atoms with van der Waals surface area (Å²) in [5.74, 6) is 0. The minimum absolute atomic E-state index is 0.565. The van der Waals surface area contributed by atoms with Crippen LogP contribution in [0.2, 0.25) is 0 Å². The van der Waals surface area contributed by atoms with Crippen molar-refractivity contribution in [3.05, 3.63) is 29.3 Å². The van der Waals surface area contributed by atoms with Gasteiger partial charge in [0.1, 0.15) is 0 Å². The van der Waals surface area contributed by atoms with Gasteiger partial charge in [0.05, 0.1) is 18.8 Å². The molecular weight excluding hydrogens is 231 g/mol. The van der Waals surface area contributed by atoms with Gasteiger partial charge in [0.15, 0.2) is 0 Å². The van der Waals surface area contributed by atoms with Crippen molar-refractivity contribution in [2.75, 3.05) is 31.2 Å². The fourth-order valence-corrected chi connectivity index (χ4v) is 1.93. The van der Waals surface area contributed by atoms with Gasteiger partial charge in [-0.25, -0.2) is 0 Å². The molecule has 2 rings (SSSR count). The van der Waals surface area contributed by atoms with Crippen molar-refractivity contribution in [1.82, 2.24) is 0 Å². The highest BCUT2D eigenvalue weighted by atomic mass is 19.4. The van der Waals surface area contributed by atoms with E-state index in [4.69, 9.17) is 4.74 Å². The predicted molar refractivity (Wildman–Crippen MR) is 59.2 cm³/mol. The lowest BCUT2D eigenvalue weighted by atomic mass is 10.1. The van der Waals surface area contributed by atoms with Crippen LogP contribution in [0.3, 0.4) is 0 Å². The molecule has 0 radical (unpaired) electrons. The van der Waals surface area contributed by atoms with Crippen molar-refractivity contribution < 1.29 is 17.9 Å². The van der Waals surface area contributed by atoms with E-state index in [0.717, 1.165) is 11.6 Å². The largest absolute Gasteiger partial charge is 0.416 e. The Balaban J connectivity index is 2.31. The Labute approximate surface area is 98.0 Å². The minimum Gasteiger partial charge on any atom is -0.378 e. The maximum Gasteiger partial charge on any atom is 0.416 e. The lowest BCUT2D eigenvalue weighted by Crippen LogP contribution is -2.36. The van der Waals surface area contributed by atoms with Crippen LogP contribution in [0.4, 0.5) is 18.9 Å². The first-order valence-electron chi connectivity index (χ1n) is 5.49. The monoisotopic (exact) mass is 245 g/mol. The highest BCUT2D eigenvalue weighted by Gasteiger charge is 2.31. The molecule has 1 fully saturated rings. The van der Waals surface area contributed by atoms with Crippen LogP contribution in [0.25, 0.3) is 0 Å². The first-order valence-corrected chi connectivity index (χ1v) is 5.49. The molecule has 0 aliphatic carbocycles. The van der Waals surface area contributed by atoms with Crippen molar-refractivity contribution in [3.63, 3.8) is 0 Å². The molecule has 1 aliphatic rings. The molecule has 1 aliphatic heterocycles. The summed E-state index contributed by atoms with van der Waals surface area (Å²) in [6.07, 6.45) is -4.28. The summed E-state index contributed by atoms with van der Waals surface area (Å²) in [4.78, 5) is 1.94. The Morgan fingerprint density at radius 3 is 2.41 bits per heavy atom. The topological polar surface area (TPSA) is 12.5 Å². The Hall–Kier alpha value is -1.23. The lowest BCUT2D eigenvalue weighted by molar-refractivity contribution is -0.137. The van der Waals surface area contributed by atoms with Gasteiger partial charge in [0.2, 0.25) is 0 Å². The second kappa shape index (κ2) is 4.56. The Morgan fingerprint density at radius 2 is 1.82 bits per heavy atom. The number of alkyl halides is 3. The number of anilines is 1. The second-order valence-corrected chi connectivity index (χ2v) is 4.10. The quantitative estimate of drug-likeness (QED) is 0.754. The fraction of sp³-hybridized carbons (Fsp3) is 0.500. The molecule has 94 valence electrons. The van der Waals surface area contributed by atoms with Gasteiger partial charge in [-0.2, -0.15) is 13.2 Å². The van der Waals surface area contributed by atoms with Crippen molar-refractivity contribution in [2.24, 2.45) is 0 Å². The van der Waals surface area contributed by atoms with Crippen LogP contribution in [-0.4, -0.2) is 26.3 Å². The highest BCUT2D eigenvalue weighted by Crippen LogP contribution is 2.33. The number of ether oxygens (including phenoxy) is 1. The summed E-state index contributed by atoms with van der Waals surface area (Å²) in [5, 5.41) is 0. The molecule has 0 atom stereocenters. The average molecular weight is 245 g/mol. The molecule has 1 heterocycles. The van der Waals surface area contributed by atoms with Crippen molar-refractivity contribution in [3.8, 4) is 0 Å². The van der Waals surface area contributed by atoms with Crippen LogP contribution in [-0.2, 0) is 10.9 Å². The van der Waals surface area contributed by atoms with E-state index in [-0.39, 0.29) is 0 Å². The summed E-state index contributed by atoms with van der Waals surface area (Å²) >= 11 is 0. The molecule has 5 heteroatoms. The molecule has 0 aromatic heterocycles. The number of halogens is 3. The molecule has 1 aromatic carbocycles. The molecule has 0 bridgehead atoms. The summed E-state index contributed by atoms with van der Waals surface area (Å²) < 4.78 is 43.1. The van der Waals surface area contributed by atoms with E-state index in [9.17, 15) is 13.2 Å². The molecular formula is C12H14F3NO. The van der Waals surface area contributed by atoms with Gasteiger partial charge in [0.25, 0.3) is 0 Å². The first-order chi connectivity index (χ1) is 7.98. The smallest absolute Gasteiger partial charge is 0.378 e. The van der Waals surface area contributed by atoms with Crippen LogP contribution >= 0.6 is 0 Å². The average Bonchev–Trinajstić information content (AvgIpc) is 2.29. The van der Waals surface area contributed by atoms with Crippen LogP contribution in [0, 0.1) is 6.92 Å². The molecule has 0 amide bonds. The van der Waals surface area contributed by atoms with E-state index in [1.54, 1.807) is 0 Å². The molecule has 17 heavy (non-hydrogen) atoms. The zero-order valence-electron chi connectivity index (χ0n) is 9.55. The van der Waals surface area contributed by atoms with Gasteiger partial charge in [0, 0.05) is 18.8 Å². The SMILES string of the molecule is Cc1ccc(C(F)(F)F)cc1N1CCOCC1. The standard InChI is InChI=1S/C12H14F3NO/c1-9-2-3-10(12(13,14)15)8-11(9)16-4-6-17-7-5-16/h2-3,8H,4-7H2,1H3. The maximum absolute atomic E-state index is 12.6. The van der Waals surface area contributed by atoms with E-state index in [1.807, 2.05) is 11.8 Å². The zero-order valence-corrected chi connectivity index (χ0v) is 9.55. The van der Waals surface area contributed by atoms with Gasteiger partial charge in [-0.05, 0) is 24.6 Å². The van der Waals surface area contributed by atoms with E-state index in [1.165, 1.54) is 12.1 Å². The first kappa shape index (κ1) is 12.2. The molecule has 1 aromatic rings. The number of nitrogens with zero attached hydrogens (tertiary/aromatic N) is 1. The Kier molecular flexibility index (Phi) is 3.28. The third kappa shape index (κ3) is 2.72. The van der Waals surface area contributed by atoms with Crippen molar-refractivity contribution >= 4 is 5.69 Å². The van der Waals surface area contributed by atoms with Crippen LogP contribution in [0.5, 0.6) is 0 Å². The summed E-state index contributed by atoms with van der Waals surface area (Å²) in [6, 6.07) is 3.87. The molecule has 1 saturated heterocycles. The normalized spacial score (nSPS) is 17.3. The predicted octanol–water partition coefficient (Wildman–Crippen LogP) is 2.85. The zero-order chi connectivity index (χ0) is 12.5. The summed E-state index contributed by atoms with van der Waals surface area (Å²) in [5.41, 5.74) is 0.924. The van der Waals surface area contributed by atoms with Gasteiger partial charge in [-0.15, -0.1) is 0 Å². The highest BCUT2D eigenvalue weighted by molar-refractivity contribution is 5.55. The van der Waals surface area contributed by atoms with Gasteiger partial charge < -0.3 is 9.64 Å². The third-order valence-electron chi connectivity index (χ3n) is 2.89. The lowest BCUT2D eigenvalue weighted by Gasteiger charge is -2.30. The van der Waals surface area contributed by atoms with E-state index in [0.29, 0.717) is 32.0 Å². The van der Waals surface area contributed by atoms with E-state index < -0.39 is 11.7 Å². The van der Waals surface area contributed by atoms with E-state index >= 15 is 0 Å². The third-order valence-corrected chi connectivity index (χ3v) is 2.89. The Morgan fingerprint density at radius 1 is 1.18 bits per heavy atom. The maximum atomic E-state index is 12.6. The number of hydrogen-bond acceptors (Lipinski definition) is 2. The number of morpholine rings is 1. The molecule has 0 saturated carbocycles. The molecule has 0 N–H and O–H groups in total. The Bertz CT molecular complexity index is 397. The number of benzene rings is 1. The molecule has 2 nitrogen and oxygen atoms in total. The molecule has 0 spiro atoms. The molecule has 0 unspecified atom stereocenters. The number of hydrogen-bond donors (Lipinski definition) is 0. The van der Waals surface area contributed by atoms with Gasteiger partial charge >= 0.3 is 6.18 Å². The second-order valence-electron chi connectivity index (χ2n) is 4.10. The van der Waals surface area contributed by atoms with Crippen LogP contribution in [0.1, 0.15) is 11.1 Å². The van der Waals surface area contributed by atoms with E-state index in [2.05, 4.69) is 0 Å². The van der Waals surface area contributed by atoms with Crippen LogP contribution < -0.4 is 4.90 Å². The van der Waals surface area contributed by atoms with Gasteiger partial charge in [-0.3, -0.25) is 0 Å². The van der Waals surface area contributed by atoms with Crippen molar-refractivity contribution in [1.29, 1.82) is 0 Å². The fourth-order valence-electron chi connectivity index (χ4n) is 1.93. The minimum atomic E-state index is -4.28. The number of rotatable bonds is 1. The summed E-state index contributed by atoms with van der Waals surface area (Å²) in [7, 11) is 0. The van der Waals surface area contributed by atoms with Gasteiger partial charge in [-0.1, -0.05) is 6.07 Å². The van der Waals surface area contributed by atoms with Crippen LogP contribution in [0.15, 0.2) is 18.2 Å².